The molecule has 1 aromatic rings. The zero-order valence-corrected chi connectivity index (χ0v) is 11.9. The van der Waals surface area contributed by atoms with Gasteiger partial charge < -0.3 is 0 Å². The summed E-state index contributed by atoms with van der Waals surface area (Å²) in [6, 6.07) is 0. The largest absolute Gasteiger partial charge is 0.299 e. The van der Waals surface area contributed by atoms with Gasteiger partial charge in [-0.15, -0.1) is 0 Å². The van der Waals surface area contributed by atoms with Gasteiger partial charge in [-0.3, -0.25) is 4.79 Å². The molecular weight excluding hydrogens is 238 g/mol. The van der Waals surface area contributed by atoms with Gasteiger partial charge in [-0.1, -0.05) is 20.3 Å². The molecule has 1 heterocycles. The summed E-state index contributed by atoms with van der Waals surface area (Å²) < 4.78 is 1.90. The number of Topliss-reactive ketones (excluding diaryl/α,β-unsaturated/α-hetero) is 1. The molecule has 0 amide bonds. The molecule has 2 fully saturated rings. The van der Waals surface area contributed by atoms with Gasteiger partial charge in [-0.2, -0.15) is 5.10 Å². The highest BCUT2D eigenvalue weighted by atomic mass is 16.1. The second kappa shape index (κ2) is 5.06. The SMILES string of the molecule is CC(C)Cn1ncnc1CC(=O)C1CC2CCC1C2. The fourth-order valence-electron chi connectivity index (χ4n) is 3.85. The molecule has 3 atom stereocenters. The maximum Gasteiger partial charge on any atom is 0.143 e. The normalized spacial score (nSPS) is 29.3. The van der Waals surface area contributed by atoms with Crippen LogP contribution in [0.5, 0.6) is 0 Å². The Morgan fingerprint density at radius 3 is 2.89 bits per heavy atom. The van der Waals surface area contributed by atoms with E-state index >= 15 is 0 Å². The Morgan fingerprint density at radius 1 is 1.42 bits per heavy atom. The average Bonchev–Trinajstić information content (AvgIpc) is 3.05. The molecule has 0 radical (unpaired) electrons. The number of aromatic nitrogens is 3. The minimum atomic E-state index is 0.308. The highest BCUT2D eigenvalue weighted by molar-refractivity contribution is 5.83. The second-order valence-electron chi connectivity index (χ2n) is 6.68. The van der Waals surface area contributed by atoms with Crippen molar-refractivity contribution in [2.24, 2.45) is 23.7 Å². The Labute approximate surface area is 114 Å². The first-order valence-corrected chi connectivity index (χ1v) is 7.53. The molecule has 1 aromatic heterocycles. The first-order valence-electron chi connectivity index (χ1n) is 7.53. The van der Waals surface area contributed by atoms with Gasteiger partial charge in [0.1, 0.15) is 17.9 Å². The molecule has 0 saturated heterocycles. The van der Waals surface area contributed by atoms with Crippen molar-refractivity contribution < 1.29 is 4.79 Å². The van der Waals surface area contributed by atoms with Gasteiger partial charge in [-0.25, -0.2) is 9.67 Å². The van der Waals surface area contributed by atoms with E-state index in [1.54, 1.807) is 6.33 Å². The van der Waals surface area contributed by atoms with E-state index in [0.29, 0.717) is 30.0 Å². The number of hydrogen-bond donors (Lipinski definition) is 0. The van der Waals surface area contributed by atoms with E-state index in [4.69, 9.17) is 0 Å². The third-order valence-electron chi connectivity index (χ3n) is 4.72. The van der Waals surface area contributed by atoms with Crippen LogP contribution in [0.15, 0.2) is 6.33 Å². The fraction of sp³-hybridized carbons (Fsp3) is 0.800. The highest BCUT2D eigenvalue weighted by Crippen LogP contribution is 2.48. The predicted molar refractivity (Wildman–Crippen MR) is 72.5 cm³/mol. The van der Waals surface area contributed by atoms with Crippen molar-refractivity contribution in [3.8, 4) is 0 Å². The average molecular weight is 261 g/mol. The Bertz CT molecular complexity index is 466. The van der Waals surface area contributed by atoms with Crippen molar-refractivity contribution >= 4 is 5.78 Å². The van der Waals surface area contributed by atoms with Crippen molar-refractivity contribution in [3.05, 3.63) is 12.2 Å². The minimum absolute atomic E-state index is 0.308. The first kappa shape index (κ1) is 12.8. The van der Waals surface area contributed by atoms with Crippen LogP contribution in [0.1, 0.15) is 45.4 Å². The molecule has 3 rings (SSSR count). The van der Waals surface area contributed by atoms with Crippen LogP contribution in [-0.4, -0.2) is 20.5 Å². The van der Waals surface area contributed by atoms with Crippen LogP contribution >= 0.6 is 0 Å². The zero-order valence-electron chi connectivity index (χ0n) is 11.9. The van der Waals surface area contributed by atoms with Gasteiger partial charge in [0.25, 0.3) is 0 Å². The molecular formula is C15H23N3O. The molecule has 4 heteroatoms. The lowest BCUT2D eigenvalue weighted by atomic mass is 9.84. The third kappa shape index (κ3) is 2.58. The summed E-state index contributed by atoms with van der Waals surface area (Å²) >= 11 is 0. The summed E-state index contributed by atoms with van der Waals surface area (Å²) in [7, 11) is 0. The van der Waals surface area contributed by atoms with E-state index in [1.165, 1.54) is 19.3 Å². The van der Waals surface area contributed by atoms with Gasteiger partial charge in [0.2, 0.25) is 0 Å². The van der Waals surface area contributed by atoms with E-state index in [9.17, 15) is 4.79 Å². The van der Waals surface area contributed by atoms with Gasteiger partial charge in [0.15, 0.2) is 0 Å². The maximum atomic E-state index is 12.5. The van der Waals surface area contributed by atoms with Gasteiger partial charge in [0.05, 0.1) is 6.42 Å². The number of carbonyl (C=O) groups excluding carboxylic acids is 1. The number of carbonyl (C=O) groups is 1. The number of hydrogen-bond acceptors (Lipinski definition) is 3. The standard InChI is InChI=1S/C15H23N3O/c1-10(2)8-18-15(16-9-17-18)7-14(19)13-6-11-3-4-12(13)5-11/h9-13H,3-8H2,1-2H3. The van der Waals surface area contributed by atoms with Crippen LogP contribution in [0.25, 0.3) is 0 Å². The van der Waals surface area contributed by atoms with Gasteiger partial charge in [-0.05, 0) is 37.0 Å². The van der Waals surface area contributed by atoms with Crippen molar-refractivity contribution in [2.75, 3.05) is 0 Å². The molecule has 0 aromatic carbocycles. The molecule has 104 valence electrons. The lowest BCUT2D eigenvalue weighted by Gasteiger charge is -2.20. The van der Waals surface area contributed by atoms with Crippen LogP contribution in [-0.2, 0) is 17.8 Å². The molecule has 0 spiro atoms. The van der Waals surface area contributed by atoms with E-state index < -0.39 is 0 Å². The molecule has 3 unspecified atom stereocenters. The summed E-state index contributed by atoms with van der Waals surface area (Å²) in [4.78, 5) is 16.7. The monoisotopic (exact) mass is 261 g/mol. The topological polar surface area (TPSA) is 47.8 Å². The summed E-state index contributed by atoms with van der Waals surface area (Å²) in [5.74, 6) is 3.57. The quantitative estimate of drug-likeness (QED) is 0.818. The summed E-state index contributed by atoms with van der Waals surface area (Å²) in [5.41, 5.74) is 0. The zero-order chi connectivity index (χ0) is 13.4. The van der Waals surface area contributed by atoms with Gasteiger partial charge in [0, 0.05) is 12.5 Å². The molecule has 2 aliphatic rings. The third-order valence-corrected chi connectivity index (χ3v) is 4.72. The van der Waals surface area contributed by atoms with Crippen LogP contribution in [0.4, 0.5) is 0 Å². The summed E-state index contributed by atoms with van der Waals surface area (Å²) in [5, 5.41) is 4.24. The molecule has 2 saturated carbocycles. The second-order valence-corrected chi connectivity index (χ2v) is 6.68. The van der Waals surface area contributed by atoms with Crippen molar-refractivity contribution in [2.45, 2.75) is 52.5 Å². The Kier molecular flexibility index (Phi) is 3.42. The molecule has 19 heavy (non-hydrogen) atoms. The Hall–Kier alpha value is -1.19. The number of nitrogens with zero attached hydrogens (tertiary/aromatic N) is 3. The lowest BCUT2D eigenvalue weighted by molar-refractivity contribution is -0.123. The lowest BCUT2D eigenvalue weighted by Crippen LogP contribution is -2.24. The molecule has 2 aliphatic carbocycles. The van der Waals surface area contributed by atoms with Gasteiger partial charge >= 0.3 is 0 Å². The van der Waals surface area contributed by atoms with Crippen molar-refractivity contribution in [1.82, 2.24) is 14.8 Å². The molecule has 0 N–H and O–H groups in total. The number of ketones is 1. The van der Waals surface area contributed by atoms with E-state index in [0.717, 1.165) is 24.7 Å². The fourth-order valence-corrected chi connectivity index (χ4v) is 3.85. The highest BCUT2D eigenvalue weighted by Gasteiger charge is 2.42. The molecule has 2 bridgehead atoms. The number of rotatable bonds is 5. The maximum absolute atomic E-state index is 12.5. The molecule has 4 nitrogen and oxygen atoms in total. The van der Waals surface area contributed by atoms with Crippen molar-refractivity contribution in [3.63, 3.8) is 0 Å². The molecule has 0 aliphatic heterocycles. The van der Waals surface area contributed by atoms with E-state index in [1.807, 2.05) is 4.68 Å². The van der Waals surface area contributed by atoms with Crippen molar-refractivity contribution in [1.29, 1.82) is 0 Å². The van der Waals surface area contributed by atoms with Crippen LogP contribution in [0.2, 0.25) is 0 Å². The van der Waals surface area contributed by atoms with Crippen LogP contribution < -0.4 is 0 Å². The Balaban J connectivity index is 1.65. The minimum Gasteiger partial charge on any atom is -0.299 e. The predicted octanol–water partition coefficient (Wildman–Crippen LogP) is 2.48. The summed E-state index contributed by atoms with van der Waals surface area (Å²) in [6.07, 6.45) is 7.07. The Morgan fingerprint density at radius 2 is 2.26 bits per heavy atom. The van der Waals surface area contributed by atoms with Crippen LogP contribution in [0, 0.1) is 23.7 Å². The number of fused-ring (bicyclic) bond motifs is 2. The smallest absolute Gasteiger partial charge is 0.143 e. The summed E-state index contributed by atoms with van der Waals surface area (Å²) in [6.45, 7) is 5.16. The van der Waals surface area contributed by atoms with E-state index in [-0.39, 0.29) is 0 Å². The first-order chi connectivity index (χ1) is 9.13. The van der Waals surface area contributed by atoms with E-state index in [2.05, 4.69) is 23.9 Å². The van der Waals surface area contributed by atoms with Crippen LogP contribution in [0.3, 0.4) is 0 Å².